The molecule has 2 aromatic carbocycles. The van der Waals surface area contributed by atoms with Gasteiger partial charge in [0.2, 0.25) is 0 Å². The topological polar surface area (TPSA) is 66.8 Å². The van der Waals surface area contributed by atoms with E-state index in [1.165, 1.54) is 12.1 Å². The maximum atomic E-state index is 13.9. The fourth-order valence-electron chi connectivity index (χ4n) is 2.49. The third-order valence-electron chi connectivity index (χ3n) is 4.04. The van der Waals surface area contributed by atoms with Crippen LogP contribution in [0.4, 0.5) is 8.78 Å². The number of benzene rings is 2. The molecule has 0 bridgehead atoms. The number of hydrogen-bond donors (Lipinski definition) is 1. The molecule has 0 spiro atoms. The highest BCUT2D eigenvalue weighted by Gasteiger charge is 2.19. The van der Waals surface area contributed by atoms with Crippen molar-refractivity contribution in [2.45, 2.75) is 26.8 Å². The van der Waals surface area contributed by atoms with E-state index in [9.17, 15) is 18.4 Å². The summed E-state index contributed by atoms with van der Waals surface area (Å²) in [5.74, 6) is -3.15. The molecule has 0 aromatic heterocycles. The van der Waals surface area contributed by atoms with E-state index in [4.69, 9.17) is 9.84 Å². The number of carboxylic acid groups (broad SMARTS) is 1. The Labute approximate surface area is 156 Å². The Bertz CT molecular complexity index is 839. The lowest BCUT2D eigenvalue weighted by atomic mass is 10.1. The first-order valence-electron chi connectivity index (χ1n) is 8.40. The van der Waals surface area contributed by atoms with E-state index in [1.54, 1.807) is 6.07 Å². The van der Waals surface area contributed by atoms with E-state index in [1.807, 2.05) is 26.0 Å². The summed E-state index contributed by atoms with van der Waals surface area (Å²) in [4.78, 5) is 24.5. The van der Waals surface area contributed by atoms with Crippen LogP contribution in [0.15, 0.2) is 36.4 Å². The molecule has 0 radical (unpaired) electrons. The zero-order valence-corrected chi connectivity index (χ0v) is 15.2. The summed E-state index contributed by atoms with van der Waals surface area (Å²) in [6.45, 7) is 3.01. The molecule has 2 rings (SSSR count). The molecular formula is C20H21F2NO4. The summed E-state index contributed by atoms with van der Waals surface area (Å²) in [5, 5.41) is 8.88. The Hall–Kier alpha value is -2.96. The first-order valence-corrected chi connectivity index (χ1v) is 8.40. The van der Waals surface area contributed by atoms with Crippen LogP contribution in [-0.2, 0) is 16.1 Å². The summed E-state index contributed by atoms with van der Waals surface area (Å²) < 4.78 is 32.9. The number of nitrogens with zero attached hydrogens (tertiary/aromatic N) is 1. The van der Waals surface area contributed by atoms with Gasteiger partial charge in [0, 0.05) is 18.7 Å². The average Bonchev–Trinajstić information content (AvgIpc) is 2.62. The predicted molar refractivity (Wildman–Crippen MR) is 95.4 cm³/mol. The second-order valence-electron chi connectivity index (χ2n) is 6.23. The van der Waals surface area contributed by atoms with Gasteiger partial charge < -0.3 is 14.7 Å². The lowest BCUT2D eigenvalue weighted by molar-refractivity contribution is -0.139. The van der Waals surface area contributed by atoms with E-state index >= 15 is 0 Å². The monoisotopic (exact) mass is 377 g/mol. The van der Waals surface area contributed by atoms with Crippen LogP contribution in [0.2, 0.25) is 0 Å². The van der Waals surface area contributed by atoms with Crippen LogP contribution in [0, 0.1) is 25.5 Å². The highest BCUT2D eigenvalue weighted by atomic mass is 19.2. The van der Waals surface area contributed by atoms with Crippen LogP contribution in [0.1, 0.15) is 23.1 Å². The standard InChI is InChI=1S/C20H21F2NO4/c1-13-6-7-14(2)17(10-13)27-12-18(24)23(9-8-19(25)26)11-15-4-3-5-16(21)20(15)22/h3-7,10H,8-9,11-12H2,1-2H3,(H,25,26). The third kappa shape index (κ3) is 5.77. The molecule has 1 N–H and O–H groups in total. The first kappa shape index (κ1) is 20.4. The maximum Gasteiger partial charge on any atom is 0.305 e. The average molecular weight is 377 g/mol. The summed E-state index contributed by atoms with van der Waals surface area (Å²) in [5.41, 5.74) is 1.79. The molecule has 0 aliphatic heterocycles. The van der Waals surface area contributed by atoms with Crippen LogP contribution < -0.4 is 4.74 Å². The van der Waals surface area contributed by atoms with Crippen molar-refractivity contribution < 1.29 is 28.2 Å². The fraction of sp³-hybridized carbons (Fsp3) is 0.300. The van der Waals surface area contributed by atoms with Crippen molar-refractivity contribution in [1.82, 2.24) is 4.90 Å². The maximum absolute atomic E-state index is 13.9. The van der Waals surface area contributed by atoms with Gasteiger partial charge in [0.15, 0.2) is 18.2 Å². The highest BCUT2D eigenvalue weighted by molar-refractivity contribution is 5.78. The zero-order chi connectivity index (χ0) is 20.0. The minimum absolute atomic E-state index is 0.0273. The largest absolute Gasteiger partial charge is 0.483 e. The molecule has 5 nitrogen and oxygen atoms in total. The molecule has 0 atom stereocenters. The molecule has 1 amide bonds. The molecular weight excluding hydrogens is 356 g/mol. The smallest absolute Gasteiger partial charge is 0.305 e. The van der Waals surface area contributed by atoms with Gasteiger partial charge in [-0.05, 0) is 37.1 Å². The number of halogens is 2. The Balaban J connectivity index is 2.12. The molecule has 0 fully saturated rings. The van der Waals surface area contributed by atoms with Crippen molar-refractivity contribution in [2.24, 2.45) is 0 Å². The molecule has 0 unspecified atom stereocenters. The first-order chi connectivity index (χ1) is 12.8. The normalized spacial score (nSPS) is 10.5. The van der Waals surface area contributed by atoms with Crippen molar-refractivity contribution in [3.63, 3.8) is 0 Å². The lowest BCUT2D eigenvalue weighted by Crippen LogP contribution is -2.36. The second kappa shape index (κ2) is 9.12. The van der Waals surface area contributed by atoms with E-state index in [0.29, 0.717) is 5.75 Å². The Morgan fingerprint density at radius 1 is 1.15 bits per heavy atom. The van der Waals surface area contributed by atoms with Crippen LogP contribution in [0.3, 0.4) is 0 Å². The number of carbonyl (C=O) groups excluding carboxylic acids is 1. The highest BCUT2D eigenvalue weighted by Crippen LogP contribution is 2.19. The minimum Gasteiger partial charge on any atom is -0.483 e. The molecule has 2 aromatic rings. The van der Waals surface area contributed by atoms with Crippen LogP contribution >= 0.6 is 0 Å². The van der Waals surface area contributed by atoms with Gasteiger partial charge in [0.25, 0.3) is 5.91 Å². The van der Waals surface area contributed by atoms with Crippen molar-refractivity contribution >= 4 is 11.9 Å². The third-order valence-corrected chi connectivity index (χ3v) is 4.04. The van der Waals surface area contributed by atoms with E-state index in [2.05, 4.69) is 0 Å². The summed E-state index contributed by atoms with van der Waals surface area (Å²) in [7, 11) is 0. The number of rotatable bonds is 8. The summed E-state index contributed by atoms with van der Waals surface area (Å²) in [6, 6.07) is 9.23. The number of amides is 1. The van der Waals surface area contributed by atoms with Crippen molar-refractivity contribution in [2.75, 3.05) is 13.2 Å². The molecule has 0 aliphatic carbocycles. The van der Waals surface area contributed by atoms with E-state index in [-0.39, 0.29) is 31.7 Å². The molecule has 0 heterocycles. The van der Waals surface area contributed by atoms with Gasteiger partial charge in [0.05, 0.1) is 6.42 Å². The lowest BCUT2D eigenvalue weighted by Gasteiger charge is -2.23. The van der Waals surface area contributed by atoms with Crippen molar-refractivity contribution in [3.05, 3.63) is 64.7 Å². The molecule has 0 saturated carbocycles. The Morgan fingerprint density at radius 3 is 2.59 bits per heavy atom. The zero-order valence-electron chi connectivity index (χ0n) is 15.2. The van der Waals surface area contributed by atoms with Gasteiger partial charge in [-0.1, -0.05) is 24.3 Å². The Morgan fingerprint density at radius 2 is 1.89 bits per heavy atom. The van der Waals surface area contributed by atoms with Gasteiger partial charge in [-0.15, -0.1) is 0 Å². The fourth-order valence-corrected chi connectivity index (χ4v) is 2.49. The van der Waals surface area contributed by atoms with Gasteiger partial charge >= 0.3 is 5.97 Å². The van der Waals surface area contributed by atoms with Crippen LogP contribution in [0.5, 0.6) is 5.75 Å². The number of hydrogen-bond acceptors (Lipinski definition) is 3. The van der Waals surface area contributed by atoms with E-state index in [0.717, 1.165) is 22.1 Å². The quantitative estimate of drug-likeness (QED) is 0.765. The van der Waals surface area contributed by atoms with Crippen LogP contribution in [-0.4, -0.2) is 35.0 Å². The van der Waals surface area contributed by atoms with Crippen molar-refractivity contribution in [3.8, 4) is 5.75 Å². The number of ether oxygens (including phenoxy) is 1. The summed E-state index contributed by atoms with van der Waals surface area (Å²) >= 11 is 0. The van der Waals surface area contributed by atoms with E-state index < -0.39 is 23.5 Å². The molecule has 27 heavy (non-hydrogen) atoms. The van der Waals surface area contributed by atoms with Crippen LogP contribution in [0.25, 0.3) is 0 Å². The number of aryl methyl sites for hydroxylation is 2. The molecule has 144 valence electrons. The number of aliphatic carboxylic acids is 1. The van der Waals surface area contributed by atoms with Gasteiger partial charge in [-0.2, -0.15) is 0 Å². The Kier molecular flexibility index (Phi) is 6.87. The molecule has 0 aliphatic rings. The SMILES string of the molecule is Cc1ccc(C)c(OCC(=O)N(CCC(=O)O)Cc2cccc(F)c2F)c1. The van der Waals surface area contributed by atoms with Crippen molar-refractivity contribution in [1.29, 1.82) is 0 Å². The predicted octanol–water partition coefficient (Wildman–Crippen LogP) is 3.46. The minimum atomic E-state index is -1.09. The van der Waals surface area contributed by atoms with Gasteiger partial charge in [-0.25, -0.2) is 8.78 Å². The molecule has 0 saturated heterocycles. The number of carbonyl (C=O) groups is 2. The molecule has 7 heteroatoms. The number of carboxylic acids is 1. The van der Waals surface area contributed by atoms with Gasteiger partial charge in [-0.3, -0.25) is 9.59 Å². The summed E-state index contributed by atoms with van der Waals surface area (Å²) in [6.07, 6.45) is -0.313. The van der Waals surface area contributed by atoms with Gasteiger partial charge in [0.1, 0.15) is 5.75 Å². The second-order valence-corrected chi connectivity index (χ2v) is 6.23.